The lowest BCUT2D eigenvalue weighted by Gasteiger charge is -2.10. The number of esters is 1. The van der Waals surface area contributed by atoms with E-state index in [0.29, 0.717) is 34.5 Å². The standard InChI is InChI=1S/C18H22N3O3S/c1-4-24-18(22)17-16(15-7-5-14(11-19)6-8-15)20-12-21(17)13-23-9-10-25(2)3/h5-8,12H,4,9-10,13H2,1-3H3/q+1. The minimum atomic E-state index is -0.436. The molecule has 0 unspecified atom stereocenters. The van der Waals surface area contributed by atoms with Crippen molar-refractivity contribution in [3.8, 4) is 17.3 Å². The summed E-state index contributed by atoms with van der Waals surface area (Å²) >= 11 is 0. The van der Waals surface area contributed by atoms with Gasteiger partial charge < -0.3 is 14.0 Å². The summed E-state index contributed by atoms with van der Waals surface area (Å²) in [6, 6.07) is 9.02. The number of carbonyl (C=O) groups excluding carboxylic acids is 1. The maximum atomic E-state index is 12.4. The van der Waals surface area contributed by atoms with Crippen molar-refractivity contribution in [2.24, 2.45) is 0 Å². The average Bonchev–Trinajstić information content (AvgIpc) is 3.03. The summed E-state index contributed by atoms with van der Waals surface area (Å²) in [5.41, 5.74) is 2.19. The van der Waals surface area contributed by atoms with E-state index in [9.17, 15) is 4.79 Å². The van der Waals surface area contributed by atoms with E-state index < -0.39 is 5.97 Å². The van der Waals surface area contributed by atoms with E-state index in [2.05, 4.69) is 23.6 Å². The van der Waals surface area contributed by atoms with Crippen molar-refractivity contribution in [2.75, 3.05) is 31.5 Å². The Morgan fingerprint density at radius 1 is 1.32 bits per heavy atom. The van der Waals surface area contributed by atoms with Gasteiger partial charge in [-0.2, -0.15) is 5.26 Å². The summed E-state index contributed by atoms with van der Waals surface area (Å²) in [4.78, 5) is 16.8. The van der Waals surface area contributed by atoms with Crippen LogP contribution < -0.4 is 0 Å². The van der Waals surface area contributed by atoms with Gasteiger partial charge in [0.1, 0.15) is 18.2 Å². The van der Waals surface area contributed by atoms with Gasteiger partial charge in [-0.25, -0.2) is 9.78 Å². The largest absolute Gasteiger partial charge is 0.461 e. The van der Waals surface area contributed by atoms with Crippen LogP contribution in [0.5, 0.6) is 0 Å². The van der Waals surface area contributed by atoms with Crippen LogP contribution in [0.1, 0.15) is 23.0 Å². The van der Waals surface area contributed by atoms with Gasteiger partial charge in [0.05, 0.1) is 43.7 Å². The molecule has 0 bridgehead atoms. The molecule has 0 aliphatic rings. The summed E-state index contributed by atoms with van der Waals surface area (Å²) in [6.45, 7) is 2.92. The van der Waals surface area contributed by atoms with Gasteiger partial charge in [-0.15, -0.1) is 0 Å². The first-order chi connectivity index (χ1) is 12.1. The summed E-state index contributed by atoms with van der Waals surface area (Å²) < 4.78 is 12.5. The first-order valence-corrected chi connectivity index (χ1v) is 10.1. The average molecular weight is 360 g/mol. The maximum Gasteiger partial charge on any atom is 0.357 e. The number of carbonyl (C=O) groups is 1. The maximum absolute atomic E-state index is 12.4. The van der Waals surface area contributed by atoms with E-state index in [-0.39, 0.29) is 13.3 Å². The van der Waals surface area contributed by atoms with E-state index in [0.717, 1.165) is 11.3 Å². The molecule has 0 N–H and O–H groups in total. The quantitative estimate of drug-likeness (QED) is 0.410. The number of nitrogens with zero attached hydrogens (tertiary/aromatic N) is 3. The van der Waals surface area contributed by atoms with Crippen LogP contribution in [-0.2, 0) is 27.1 Å². The van der Waals surface area contributed by atoms with Gasteiger partial charge in [0, 0.05) is 5.56 Å². The first kappa shape index (κ1) is 19.0. The van der Waals surface area contributed by atoms with Crippen LogP contribution in [-0.4, -0.2) is 47.0 Å². The summed E-state index contributed by atoms with van der Waals surface area (Å²) in [5, 5.41) is 8.92. The Bertz CT molecular complexity index is 748. The normalized spacial score (nSPS) is 10.7. The highest BCUT2D eigenvalue weighted by atomic mass is 32.2. The lowest BCUT2D eigenvalue weighted by atomic mass is 10.1. The predicted molar refractivity (Wildman–Crippen MR) is 98.4 cm³/mol. The van der Waals surface area contributed by atoms with Gasteiger partial charge in [-0.05, 0) is 30.0 Å². The number of aromatic nitrogens is 2. The summed E-state index contributed by atoms with van der Waals surface area (Å²) in [6.07, 6.45) is 5.90. The molecule has 0 aliphatic heterocycles. The first-order valence-electron chi connectivity index (χ1n) is 7.91. The van der Waals surface area contributed by atoms with Crippen LogP contribution in [0.15, 0.2) is 30.6 Å². The molecule has 0 saturated carbocycles. The Kier molecular flexibility index (Phi) is 7.04. The second-order valence-electron chi connectivity index (χ2n) is 5.55. The highest BCUT2D eigenvalue weighted by Gasteiger charge is 2.21. The van der Waals surface area contributed by atoms with E-state index in [1.165, 1.54) is 0 Å². The Hall–Kier alpha value is -2.30. The predicted octanol–water partition coefficient (Wildman–Crippen LogP) is 2.45. The highest BCUT2D eigenvalue weighted by Crippen LogP contribution is 2.23. The zero-order chi connectivity index (χ0) is 18.2. The van der Waals surface area contributed by atoms with E-state index in [1.807, 2.05) is 0 Å². The molecule has 25 heavy (non-hydrogen) atoms. The van der Waals surface area contributed by atoms with E-state index in [4.69, 9.17) is 14.7 Å². The third kappa shape index (κ3) is 5.08. The lowest BCUT2D eigenvalue weighted by molar-refractivity contribution is 0.0477. The molecule has 1 heterocycles. The molecule has 0 radical (unpaired) electrons. The molecule has 1 aromatic heterocycles. The summed E-state index contributed by atoms with van der Waals surface area (Å²) in [7, 11) is 0.314. The molecule has 0 amide bonds. The van der Waals surface area contributed by atoms with Crippen molar-refractivity contribution in [3.05, 3.63) is 41.9 Å². The van der Waals surface area contributed by atoms with Crippen LogP contribution in [0.3, 0.4) is 0 Å². The fourth-order valence-corrected chi connectivity index (χ4v) is 2.65. The van der Waals surface area contributed by atoms with Crippen molar-refractivity contribution < 1.29 is 14.3 Å². The monoisotopic (exact) mass is 360 g/mol. The molecule has 7 heteroatoms. The second kappa shape index (κ2) is 9.25. The molecule has 0 spiro atoms. The van der Waals surface area contributed by atoms with Gasteiger partial charge in [0.25, 0.3) is 0 Å². The van der Waals surface area contributed by atoms with Gasteiger partial charge in [0.15, 0.2) is 5.69 Å². The smallest absolute Gasteiger partial charge is 0.357 e. The van der Waals surface area contributed by atoms with Crippen LogP contribution >= 0.6 is 0 Å². The third-order valence-electron chi connectivity index (χ3n) is 3.46. The fourth-order valence-electron chi connectivity index (χ4n) is 2.20. The number of nitriles is 1. The number of rotatable bonds is 8. The molecule has 0 saturated heterocycles. The minimum Gasteiger partial charge on any atom is -0.461 e. The molecule has 132 valence electrons. The van der Waals surface area contributed by atoms with E-state index in [1.54, 1.807) is 42.1 Å². The molecular weight excluding hydrogens is 338 g/mol. The Balaban J connectivity index is 2.26. The number of hydrogen-bond donors (Lipinski definition) is 0. The van der Waals surface area contributed by atoms with Crippen LogP contribution in [0.2, 0.25) is 0 Å². The SMILES string of the molecule is CCOC(=O)c1c(-c2ccc(C#N)cc2)ncn1COCC[S+](C)C. The van der Waals surface area contributed by atoms with Gasteiger partial charge >= 0.3 is 5.97 Å². The van der Waals surface area contributed by atoms with Crippen LogP contribution in [0.4, 0.5) is 0 Å². The molecule has 6 nitrogen and oxygen atoms in total. The van der Waals surface area contributed by atoms with Crippen LogP contribution in [0.25, 0.3) is 11.3 Å². The van der Waals surface area contributed by atoms with Crippen molar-refractivity contribution in [1.82, 2.24) is 9.55 Å². The molecule has 1 aromatic carbocycles. The number of benzene rings is 1. The Labute approximate surface area is 150 Å². The minimum absolute atomic E-state index is 0.245. The number of hydrogen-bond acceptors (Lipinski definition) is 5. The second-order valence-corrected chi connectivity index (χ2v) is 7.93. The van der Waals surface area contributed by atoms with Crippen molar-refractivity contribution >= 4 is 16.9 Å². The molecule has 2 rings (SSSR count). The van der Waals surface area contributed by atoms with Crippen molar-refractivity contribution in [3.63, 3.8) is 0 Å². The third-order valence-corrected chi connectivity index (χ3v) is 4.44. The Morgan fingerprint density at radius 3 is 2.64 bits per heavy atom. The van der Waals surface area contributed by atoms with Crippen LogP contribution in [0, 0.1) is 11.3 Å². The number of imidazole rings is 1. The van der Waals surface area contributed by atoms with Gasteiger partial charge in [-0.1, -0.05) is 12.1 Å². The topological polar surface area (TPSA) is 77.1 Å². The highest BCUT2D eigenvalue weighted by molar-refractivity contribution is 7.95. The molecular formula is C18H22N3O3S+. The molecule has 0 fully saturated rings. The van der Waals surface area contributed by atoms with Gasteiger partial charge in [-0.3, -0.25) is 0 Å². The Morgan fingerprint density at radius 2 is 2.04 bits per heavy atom. The molecule has 0 atom stereocenters. The van der Waals surface area contributed by atoms with Crippen molar-refractivity contribution in [1.29, 1.82) is 5.26 Å². The van der Waals surface area contributed by atoms with Crippen molar-refractivity contribution in [2.45, 2.75) is 13.7 Å². The molecule has 0 aliphatic carbocycles. The lowest BCUT2D eigenvalue weighted by Crippen LogP contribution is -2.16. The fraction of sp³-hybridized carbons (Fsp3) is 0.389. The number of ether oxygens (including phenoxy) is 2. The van der Waals surface area contributed by atoms with Gasteiger partial charge in [0.2, 0.25) is 0 Å². The summed E-state index contributed by atoms with van der Waals surface area (Å²) in [5.74, 6) is 0.542. The molecule has 2 aromatic rings. The van der Waals surface area contributed by atoms with E-state index >= 15 is 0 Å². The zero-order valence-electron chi connectivity index (χ0n) is 14.7. The zero-order valence-corrected chi connectivity index (χ0v) is 15.5.